The Morgan fingerprint density at radius 3 is 2.15 bits per heavy atom. The SMILES string of the molecule is COc1c(C)cc([C@H](C(=O)O)N2CCC(O)(c3ccccc3)CC2)cc1C. The van der Waals surface area contributed by atoms with Crippen LogP contribution in [0.25, 0.3) is 0 Å². The summed E-state index contributed by atoms with van der Waals surface area (Å²) in [5.41, 5.74) is 2.61. The average Bonchev–Trinajstić information content (AvgIpc) is 2.64. The summed E-state index contributed by atoms with van der Waals surface area (Å²) in [6.45, 7) is 4.90. The second kappa shape index (κ2) is 7.71. The number of aliphatic hydroxyl groups is 1. The van der Waals surface area contributed by atoms with E-state index >= 15 is 0 Å². The third kappa shape index (κ3) is 3.84. The minimum atomic E-state index is -0.896. The minimum absolute atomic E-state index is 0.509. The van der Waals surface area contributed by atoms with Crippen LogP contribution in [-0.4, -0.2) is 41.3 Å². The lowest BCUT2D eigenvalue weighted by Gasteiger charge is -2.41. The van der Waals surface area contributed by atoms with Crippen LogP contribution in [0.1, 0.15) is 41.1 Å². The van der Waals surface area contributed by atoms with Gasteiger partial charge in [0.15, 0.2) is 0 Å². The van der Waals surface area contributed by atoms with Crippen molar-refractivity contribution in [3.8, 4) is 5.75 Å². The van der Waals surface area contributed by atoms with Crippen LogP contribution in [0.3, 0.4) is 0 Å². The summed E-state index contributed by atoms with van der Waals surface area (Å²) in [5, 5.41) is 20.9. The fourth-order valence-electron chi connectivity index (χ4n) is 4.16. The summed E-state index contributed by atoms with van der Waals surface area (Å²) >= 11 is 0. The van der Waals surface area contributed by atoms with Crippen molar-refractivity contribution in [1.29, 1.82) is 0 Å². The van der Waals surface area contributed by atoms with Crippen molar-refractivity contribution in [2.24, 2.45) is 0 Å². The number of nitrogens with zero attached hydrogens (tertiary/aromatic N) is 1. The van der Waals surface area contributed by atoms with Crippen LogP contribution in [0.5, 0.6) is 5.75 Å². The fourth-order valence-corrected chi connectivity index (χ4v) is 4.16. The number of rotatable bonds is 5. The van der Waals surface area contributed by atoms with E-state index in [0.29, 0.717) is 25.9 Å². The number of methoxy groups -OCH3 is 1. The first-order valence-corrected chi connectivity index (χ1v) is 9.25. The predicted molar refractivity (Wildman–Crippen MR) is 104 cm³/mol. The van der Waals surface area contributed by atoms with Crippen LogP contribution < -0.4 is 4.74 Å². The smallest absolute Gasteiger partial charge is 0.325 e. The molecule has 5 nitrogen and oxygen atoms in total. The first-order valence-electron chi connectivity index (χ1n) is 9.25. The summed E-state index contributed by atoms with van der Waals surface area (Å²) in [4.78, 5) is 14.0. The highest BCUT2D eigenvalue weighted by Crippen LogP contribution is 2.37. The van der Waals surface area contributed by atoms with E-state index in [-0.39, 0.29) is 0 Å². The molecule has 1 aliphatic heterocycles. The molecule has 0 bridgehead atoms. The second-order valence-corrected chi connectivity index (χ2v) is 7.36. The maximum atomic E-state index is 12.1. The maximum Gasteiger partial charge on any atom is 0.325 e. The van der Waals surface area contributed by atoms with Crippen molar-refractivity contribution in [3.63, 3.8) is 0 Å². The third-order valence-electron chi connectivity index (χ3n) is 5.54. The Morgan fingerprint density at radius 1 is 1.11 bits per heavy atom. The fraction of sp³-hybridized carbons (Fsp3) is 0.409. The third-order valence-corrected chi connectivity index (χ3v) is 5.54. The molecular weight excluding hydrogens is 342 g/mol. The van der Waals surface area contributed by atoms with Crippen LogP contribution in [0.2, 0.25) is 0 Å². The van der Waals surface area contributed by atoms with Gasteiger partial charge in [-0.2, -0.15) is 0 Å². The van der Waals surface area contributed by atoms with Gasteiger partial charge >= 0.3 is 5.97 Å². The molecule has 2 aromatic rings. The van der Waals surface area contributed by atoms with Crippen LogP contribution >= 0.6 is 0 Å². The predicted octanol–water partition coefficient (Wildman–Crippen LogP) is 3.42. The molecule has 1 atom stereocenters. The van der Waals surface area contributed by atoms with Crippen molar-refractivity contribution in [3.05, 3.63) is 64.7 Å². The molecule has 1 heterocycles. The first-order chi connectivity index (χ1) is 12.9. The lowest BCUT2D eigenvalue weighted by atomic mass is 9.83. The lowest BCUT2D eigenvalue weighted by molar-refractivity contribution is -0.146. The number of hydrogen-bond acceptors (Lipinski definition) is 4. The Hall–Kier alpha value is -2.37. The van der Waals surface area contributed by atoms with E-state index in [1.54, 1.807) is 7.11 Å². The number of benzene rings is 2. The molecule has 27 heavy (non-hydrogen) atoms. The normalized spacial score (nSPS) is 18.1. The van der Waals surface area contributed by atoms with E-state index in [4.69, 9.17) is 4.74 Å². The molecule has 0 radical (unpaired) electrons. The zero-order chi connectivity index (χ0) is 19.6. The van der Waals surface area contributed by atoms with Gasteiger partial charge in [-0.3, -0.25) is 9.69 Å². The maximum absolute atomic E-state index is 12.1. The largest absolute Gasteiger partial charge is 0.496 e. The van der Waals surface area contributed by atoms with Crippen molar-refractivity contribution in [2.75, 3.05) is 20.2 Å². The molecule has 0 amide bonds. The Kier molecular flexibility index (Phi) is 5.53. The molecule has 2 N–H and O–H groups in total. The summed E-state index contributed by atoms with van der Waals surface area (Å²) < 4.78 is 5.40. The van der Waals surface area contributed by atoms with Gasteiger partial charge in [-0.15, -0.1) is 0 Å². The van der Waals surface area contributed by atoms with Crippen LogP contribution in [0, 0.1) is 13.8 Å². The topological polar surface area (TPSA) is 70.0 Å². The number of piperidine rings is 1. The monoisotopic (exact) mass is 369 g/mol. The molecule has 1 fully saturated rings. The van der Waals surface area contributed by atoms with Crippen LogP contribution in [-0.2, 0) is 10.4 Å². The van der Waals surface area contributed by atoms with Gasteiger partial charge in [-0.1, -0.05) is 42.5 Å². The van der Waals surface area contributed by atoms with Crippen molar-refractivity contribution < 1.29 is 19.7 Å². The zero-order valence-corrected chi connectivity index (χ0v) is 16.1. The number of aryl methyl sites for hydroxylation is 2. The van der Waals surface area contributed by atoms with Crippen LogP contribution in [0.4, 0.5) is 0 Å². The van der Waals surface area contributed by atoms with E-state index in [1.165, 1.54) is 0 Å². The van der Waals surface area contributed by atoms with Gasteiger partial charge in [-0.25, -0.2) is 0 Å². The second-order valence-electron chi connectivity index (χ2n) is 7.36. The number of carboxylic acid groups (broad SMARTS) is 1. The molecule has 0 aliphatic carbocycles. The number of carbonyl (C=O) groups is 1. The molecule has 0 aromatic heterocycles. The van der Waals surface area contributed by atoms with Crippen molar-refractivity contribution >= 4 is 5.97 Å². The highest BCUT2D eigenvalue weighted by atomic mass is 16.5. The zero-order valence-electron chi connectivity index (χ0n) is 16.1. The molecule has 144 valence electrons. The molecule has 0 unspecified atom stereocenters. The Bertz CT molecular complexity index is 787. The first kappa shape index (κ1) is 19.4. The highest BCUT2D eigenvalue weighted by molar-refractivity contribution is 5.76. The van der Waals surface area contributed by atoms with E-state index in [1.807, 2.05) is 61.2 Å². The molecular formula is C22H27NO4. The molecule has 0 saturated carbocycles. The van der Waals surface area contributed by atoms with Crippen molar-refractivity contribution in [2.45, 2.75) is 38.3 Å². The number of aliphatic carboxylic acids is 1. The Balaban J connectivity index is 1.83. The number of carboxylic acids is 1. The van der Waals surface area contributed by atoms with Gasteiger partial charge < -0.3 is 14.9 Å². The minimum Gasteiger partial charge on any atom is -0.496 e. The number of hydrogen-bond donors (Lipinski definition) is 2. The summed E-state index contributed by atoms with van der Waals surface area (Å²) in [5.74, 6) is -0.0795. The summed E-state index contributed by atoms with van der Waals surface area (Å²) in [7, 11) is 1.62. The van der Waals surface area contributed by atoms with Gasteiger partial charge in [0.05, 0.1) is 12.7 Å². The molecule has 1 saturated heterocycles. The summed E-state index contributed by atoms with van der Waals surface area (Å²) in [6.07, 6.45) is 1.02. The van der Waals surface area contributed by atoms with E-state index in [2.05, 4.69) is 0 Å². The molecule has 3 rings (SSSR count). The molecule has 1 aliphatic rings. The Labute approximate surface area is 160 Å². The van der Waals surface area contributed by atoms with Crippen molar-refractivity contribution in [1.82, 2.24) is 4.90 Å². The molecule has 5 heteroatoms. The lowest BCUT2D eigenvalue weighted by Crippen LogP contribution is -2.46. The standard InChI is InChI=1S/C22H27NO4/c1-15-13-17(14-16(2)20(15)27-3)19(21(24)25)23-11-9-22(26,10-12-23)18-7-5-4-6-8-18/h4-8,13-14,19,26H,9-12H2,1-3H3,(H,24,25)/t19-/m1/s1. The van der Waals surface area contributed by atoms with Gasteiger partial charge in [0.1, 0.15) is 11.8 Å². The van der Waals surface area contributed by atoms with E-state index in [0.717, 1.165) is 28.0 Å². The van der Waals surface area contributed by atoms with Gasteiger partial charge in [-0.05, 0) is 48.9 Å². The number of ether oxygens (including phenoxy) is 1. The van der Waals surface area contributed by atoms with E-state index < -0.39 is 17.6 Å². The number of likely N-dealkylation sites (tertiary alicyclic amines) is 1. The summed E-state index contributed by atoms with van der Waals surface area (Å²) in [6, 6.07) is 12.7. The van der Waals surface area contributed by atoms with Crippen LogP contribution in [0.15, 0.2) is 42.5 Å². The van der Waals surface area contributed by atoms with E-state index in [9.17, 15) is 15.0 Å². The highest BCUT2D eigenvalue weighted by Gasteiger charge is 2.38. The van der Waals surface area contributed by atoms with Gasteiger partial charge in [0.25, 0.3) is 0 Å². The Morgan fingerprint density at radius 2 is 1.67 bits per heavy atom. The van der Waals surface area contributed by atoms with Gasteiger partial charge in [0.2, 0.25) is 0 Å². The van der Waals surface area contributed by atoms with Gasteiger partial charge in [0, 0.05) is 13.1 Å². The quantitative estimate of drug-likeness (QED) is 0.845. The average molecular weight is 369 g/mol. The molecule has 0 spiro atoms. The molecule has 2 aromatic carbocycles.